The van der Waals surface area contributed by atoms with Gasteiger partial charge in [0.1, 0.15) is 0 Å². The first kappa shape index (κ1) is 25.9. The second kappa shape index (κ2) is 11.2. The number of ketones is 1. The predicted molar refractivity (Wildman–Crippen MR) is 141 cm³/mol. The largest absolute Gasteiger partial charge is 0.454 e. The zero-order chi connectivity index (χ0) is 25.8. The number of ether oxygens (including phenoxy) is 1. The van der Waals surface area contributed by atoms with E-state index in [0.717, 1.165) is 4.47 Å². The molecule has 0 spiro atoms. The monoisotopic (exact) mass is 588 g/mol. The van der Waals surface area contributed by atoms with E-state index < -0.39 is 11.9 Å². The Labute approximate surface area is 225 Å². The van der Waals surface area contributed by atoms with Gasteiger partial charge in [-0.2, -0.15) is 0 Å². The lowest BCUT2D eigenvalue weighted by Crippen LogP contribution is -2.28. The Morgan fingerprint density at radius 2 is 1.64 bits per heavy atom. The molecule has 0 radical (unpaired) electrons. The minimum Gasteiger partial charge on any atom is -0.454 e. The molecule has 0 bridgehead atoms. The van der Waals surface area contributed by atoms with Crippen molar-refractivity contribution >= 4 is 74.1 Å². The molecule has 36 heavy (non-hydrogen) atoms. The lowest BCUT2D eigenvalue weighted by molar-refractivity contribution is -0.122. The molecule has 4 rings (SSSR count). The van der Waals surface area contributed by atoms with E-state index in [1.807, 2.05) is 0 Å². The third kappa shape index (κ3) is 6.13. The molecule has 1 fully saturated rings. The second-order valence-corrected chi connectivity index (χ2v) is 9.83. The molecular weight excluding hydrogens is 571 g/mol. The van der Waals surface area contributed by atoms with Crippen LogP contribution in [0.3, 0.4) is 0 Å². The minimum absolute atomic E-state index is 0.0332. The Balaban J connectivity index is 1.32. The lowest BCUT2D eigenvalue weighted by atomic mass is 10.1. The Morgan fingerprint density at radius 3 is 2.33 bits per heavy atom. The highest BCUT2D eigenvalue weighted by Gasteiger charge is 2.36. The second-order valence-electron chi connectivity index (χ2n) is 8.07. The zero-order valence-corrected chi connectivity index (χ0v) is 21.8. The standard InChI is InChI=1S/C26H19BrCl2N2O5/c27-18-5-1-15(2-6-18)23(32)14-36-26(35)16-3-8-20(9-4-16)30-25(34)17-11-24(33)31(13-17)22-12-19(28)7-10-21(22)29/h1-10,12,17H,11,13-14H2,(H,30,34)/t17-/m0/s1. The molecule has 1 heterocycles. The van der Waals surface area contributed by atoms with Crippen LogP contribution in [0.2, 0.25) is 10.0 Å². The van der Waals surface area contributed by atoms with Gasteiger partial charge in [0.2, 0.25) is 11.8 Å². The van der Waals surface area contributed by atoms with Crippen molar-refractivity contribution < 1.29 is 23.9 Å². The molecule has 1 N–H and O–H groups in total. The fourth-order valence-corrected chi connectivity index (χ4v) is 4.33. The first-order valence-corrected chi connectivity index (χ1v) is 12.4. The maximum Gasteiger partial charge on any atom is 0.338 e. The van der Waals surface area contributed by atoms with E-state index in [1.54, 1.807) is 54.6 Å². The van der Waals surface area contributed by atoms with Crippen LogP contribution in [-0.2, 0) is 14.3 Å². The van der Waals surface area contributed by atoms with Gasteiger partial charge in [-0.15, -0.1) is 0 Å². The highest BCUT2D eigenvalue weighted by atomic mass is 79.9. The number of halogens is 3. The number of nitrogens with one attached hydrogen (secondary N) is 1. The van der Waals surface area contributed by atoms with Crippen molar-refractivity contribution in [1.82, 2.24) is 0 Å². The van der Waals surface area contributed by atoms with E-state index in [1.165, 1.54) is 17.0 Å². The number of anilines is 2. The van der Waals surface area contributed by atoms with E-state index in [2.05, 4.69) is 21.2 Å². The van der Waals surface area contributed by atoms with Gasteiger partial charge >= 0.3 is 5.97 Å². The number of hydrogen-bond acceptors (Lipinski definition) is 5. The van der Waals surface area contributed by atoms with E-state index >= 15 is 0 Å². The number of carbonyl (C=O) groups is 4. The number of Topliss-reactive ketones (excluding diaryl/α,β-unsaturated/α-hetero) is 1. The third-order valence-electron chi connectivity index (χ3n) is 5.58. The molecule has 1 aliphatic heterocycles. The molecular formula is C26H19BrCl2N2O5. The smallest absolute Gasteiger partial charge is 0.338 e. The van der Waals surface area contributed by atoms with Crippen LogP contribution >= 0.6 is 39.1 Å². The predicted octanol–water partition coefficient (Wildman–Crippen LogP) is 5.79. The van der Waals surface area contributed by atoms with Crippen LogP contribution in [-0.4, -0.2) is 36.7 Å². The van der Waals surface area contributed by atoms with Gasteiger partial charge in [-0.25, -0.2) is 4.79 Å². The average Bonchev–Trinajstić information content (AvgIpc) is 3.26. The van der Waals surface area contributed by atoms with Crippen LogP contribution in [0.4, 0.5) is 11.4 Å². The Kier molecular flexibility index (Phi) is 8.08. The number of amides is 2. The summed E-state index contributed by atoms with van der Waals surface area (Å²) < 4.78 is 5.95. The average molecular weight is 590 g/mol. The van der Waals surface area contributed by atoms with Gasteiger partial charge in [0, 0.05) is 33.7 Å². The maximum absolute atomic E-state index is 12.8. The van der Waals surface area contributed by atoms with Crippen molar-refractivity contribution in [1.29, 1.82) is 0 Å². The molecule has 3 aromatic carbocycles. The molecule has 0 aliphatic carbocycles. The summed E-state index contributed by atoms with van der Waals surface area (Å²) in [6.45, 7) is -0.219. The number of hydrogen-bond donors (Lipinski definition) is 1. The summed E-state index contributed by atoms with van der Waals surface area (Å²) in [5, 5.41) is 3.56. The molecule has 0 saturated carbocycles. The van der Waals surface area contributed by atoms with Crippen molar-refractivity contribution in [2.24, 2.45) is 5.92 Å². The summed E-state index contributed by atoms with van der Waals surface area (Å²) in [7, 11) is 0. The quantitative estimate of drug-likeness (QED) is 0.278. The molecule has 7 nitrogen and oxygen atoms in total. The lowest BCUT2D eigenvalue weighted by Gasteiger charge is -2.18. The Bertz CT molecular complexity index is 1330. The number of esters is 1. The number of carbonyl (C=O) groups excluding carboxylic acids is 4. The number of rotatable bonds is 7. The molecule has 10 heteroatoms. The van der Waals surface area contributed by atoms with E-state index in [4.69, 9.17) is 27.9 Å². The fourth-order valence-electron chi connectivity index (χ4n) is 3.68. The highest BCUT2D eigenvalue weighted by molar-refractivity contribution is 9.10. The summed E-state index contributed by atoms with van der Waals surface area (Å²) in [4.78, 5) is 51.2. The van der Waals surface area contributed by atoms with E-state index in [9.17, 15) is 19.2 Å². The topological polar surface area (TPSA) is 92.8 Å². The Hall–Kier alpha value is -3.20. The Morgan fingerprint density at radius 1 is 0.972 bits per heavy atom. The van der Waals surface area contributed by atoms with Gasteiger partial charge in [0.05, 0.1) is 22.2 Å². The first-order chi connectivity index (χ1) is 17.2. The van der Waals surface area contributed by atoms with Crippen molar-refractivity contribution in [3.05, 3.63) is 92.4 Å². The van der Waals surface area contributed by atoms with Crippen LogP contribution in [0.1, 0.15) is 27.1 Å². The third-order valence-corrected chi connectivity index (χ3v) is 6.67. The molecule has 1 atom stereocenters. The molecule has 2 amide bonds. The summed E-state index contributed by atoms with van der Waals surface area (Å²) in [6, 6.07) is 17.6. The van der Waals surface area contributed by atoms with Gasteiger partial charge in [0.25, 0.3) is 0 Å². The highest BCUT2D eigenvalue weighted by Crippen LogP contribution is 2.33. The fraction of sp³-hybridized carbons (Fsp3) is 0.154. The van der Waals surface area contributed by atoms with E-state index in [-0.39, 0.29) is 42.7 Å². The summed E-state index contributed by atoms with van der Waals surface area (Å²) in [5.74, 6) is -2.12. The molecule has 3 aromatic rings. The molecule has 1 aliphatic rings. The number of benzene rings is 3. The summed E-state index contributed by atoms with van der Waals surface area (Å²) in [5.41, 5.74) is 1.58. The van der Waals surface area contributed by atoms with Crippen molar-refractivity contribution in [2.45, 2.75) is 6.42 Å². The summed E-state index contributed by atoms with van der Waals surface area (Å²) >= 11 is 15.5. The maximum atomic E-state index is 12.8. The van der Waals surface area contributed by atoms with Gasteiger partial charge < -0.3 is 15.0 Å². The first-order valence-electron chi connectivity index (χ1n) is 10.8. The van der Waals surface area contributed by atoms with Gasteiger partial charge in [0.15, 0.2) is 12.4 Å². The van der Waals surface area contributed by atoms with Crippen molar-refractivity contribution in [2.75, 3.05) is 23.4 Å². The molecule has 0 aromatic heterocycles. The normalized spacial score (nSPS) is 15.0. The summed E-state index contributed by atoms with van der Waals surface area (Å²) in [6.07, 6.45) is 0.0332. The van der Waals surface area contributed by atoms with Crippen molar-refractivity contribution in [3.63, 3.8) is 0 Å². The zero-order valence-electron chi connectivity index (χ0n) is 18.7. The van der Waals surface area contributed by atoms with Crippen LogP contribution in [0.25, 0.3) is 0 Å². The molecule has 0 unspecified atom stereocenters. The van der Waals surface area contributed by atoms with Gasteiger partial charge in [-0.05, 0) is 54.6 Å². The van der Waals surface area contributed by atoms with E-state index in [0.29, 0.717) is 27.0 Å². The SMILES string of the molecule is O=C(COC(=O)c1ccc(NC(=O)[C@H]2CC(=O)N(c3cc(Cl)ccc3Cl)C2)cc1)c1ccc(Br)cc1. The minimum atomic E-state index is -0.659. The van der Waals surface area contributed by atoms with Gasteiger partial charge in [-0.3, -0.25) is 14.4 Å². The van der Waals surface area contributed by atoms with Crippen LogP contribution < -0.4 is 10.2 Å². The van der Waals surface area contributed by atoms with Crippen LogP contribution in [0, 0.1) is 5.92 Å². The van der Waals surface area contributed by atoms with Crippen molar-refractivity contribution in [3.8, 4) is 0 Å². The van der Waals surface area contributed by atoms with Gasteiger partial charge in [-0.1, -0.05) is 51.3 Å². The number of nitrogens with zero attached hydrogens (tertiary/aromatic N) is 1. The van der Waals surface area contributed by atoms with Crippen LogP contribution in [0.15, 0.2) is 71.2 Å². The molecule has 1 saturated heterocycles. The molecule has 184 valence electrons. The van der Waals surface area contributed by atoms with Crippen LogP contribution in [0.5, 0.6) is 0 Å².